The van der Waals surface area contributed by atoms with Gasteiger partial charge in [0.15, 0.2) is 0 Å². The maximum atomic E-state index is 12.7. The first-order valence-corrected chi connectivity index (χ1v) is 9.71. The fourth-order valence-electron chi connectivity index (χ4n) is 2.56. The second-order valence-corrected chi connectivity index (χ2v) is 7.81. The Bertz CT molecular complexity index is 1060. The van der Waals surface area contributed by atoms with Crippen LogP contribution in [-0.4, -0.2) is 15.5 Å². The maximum absolute atomic E-state index is 12.7. The van der Waals surface area contributed by atoms with Crippen molar-refractivity contribution in [2.45, 2.75) is 11.5 Å². The predicted octanol–water partition coefficient (Wildman–Crippen LogP) is 3.96. The molecule has 0 amide bonds. The number of nitriles is 1. The quantitative estimate of drug-likeness (QED) is 0.651. The summed E-state index contributed by atoms with van der Waals surface area (Å²) in [5, 5.41) is 9.12. The average Bonchev–Trinajstić information content (AvgIpc) is 2.73. The van der Waals surface area contributed by atoms with Crippen molar-refractivity contribution in [2.75, 3.05) is 11.4 Å². The number of nitrogens with zero attached hydrogens (tertiary/aromatic N) is 2. The highest BCUT2D eigenvalue weighted by Crippen LogP contribution is 2.24. The lowest BCUT2D eigenvalue weighted by Crippen LogP contribution is -2.26. The predicted molar refractivity (Wildman–Crippen MR) is 104 cm³/mol. The van der Waals surface area contributed by atoms with Gasteiger partial charge in [-0.1, -0.05) is 36.4 Å². The molecule has 0 aliphatic carbocycles. The molecule has 0 unspecified atom stereocenters. The zero-order chi connectivity index (χ0) is 19.3. The molecule has 136 valence electrons. The maximum Gasteiger partial charge on any atom is 0.264 e. The first kappa shape index (κ1) is 18.5. The number of anilines is 1. The molecular formula is C21H18N2O3S. The summed E-state index contributed by atoms with van der Waals surface area (Å²) in [4.78, 5) is 0.237. The molecule has 0 aliphatic rings. The lowest BCUT2D eigenvalue weighted by Gasteiger charge is -2.20. The number of hydrogen-bond acceptors (Lipinski definition) is 4. The lowest BCUT2D eigenvalue weighted by atomic mass is 10.1. The first-order chi connectivity index (χ1) is 13.0. The van der Waals surface area contributed by atoms with Crippen molar-refractivity contribution in [1.29, 1.82) is 5.26 Å². The molecule has 0 atom stereocenters. The van der Waals surface area contributed by atoms with Crippen LogP contribution in [0.3, 0.4) is 0 Å². The summed E-state index contributed by atoms with van der Waals surface area (Å²) in [5.41, 5.74) is 1.90. The Kier molecular flexibility index (Phi) is 5.43. The Balaban J connectivity index is 1.73. The normalized spacial score (nSPS) is 10.8. The van der Waals surface area contributed by atoms with Crippen LogP contribution in [0.25, 0.3) is 0 Å². The van der Waals surface area contributed by atoms with Gasteiger partial charge < -0.3 is 4.74 Å². The van der Waals surface area contributed by atoms with Gasteiger partial charge in [0.05, 0.1) is 22.2 Å². The molecule has 0 aliphatic heterocycles. The van der Waals surface area contributed by atoms with Gasteiger partial charge in [-0.3, -0.25) is 4.31 Å². The Morgan fingerprint density at radius 1 is 0.926 bits per heavy atom. The summed E-state index contributed by atoms with van der Waals surface area (Å²) in [6.45, 7) is 0.265. The Morgan fingerprint density at radius 3 is 2.22 bits per heavy atom. The van der Waals surface area contributed by atoms with E-state index in [1.54, 1.807) is 66.7 Å². The molecule has 3 aromatic rings. The van der Waals surface area contributed by atoms with Gasteiger partial charge in [0.25, 0.3) is 10.0 Å². The molecule has 0 spiro atoms. The van der Waals surface area contributed by atoms with E-state index in [0.29, 0.717) is 17.0 Å². The van der Waals surface area contributed by atoms with E-state index in [1.165, 1.54) is 11.4 Å². The molecule has 6 heteroatoms. The monoisotopic (exact) mass is 378 g/mol. The molecule has 0 heterocycles. The third-order valence-corrected chi connectivity index (χ3v) is 5.93. The van der Waals surface area contributed by atoms with Gasteiger partial charge in [0, 0.05) is 12.6 Å². The van der Waals surface area contributed by atoms with Crippen LogP contribution >= 0.6 is 0 Å². The summed E-state index contributed by atoms with van der Waals surface area (Å²) >= 11 is 0. The fourth-order valence-corrected chi connectivity index (χ4v) is 3.77. The molecule has 0 bridgehead atoms. The van der Waals surface area contributed by atoms with Gasteiger partial charge in [-0.25, -0.2) is 8.42 Å². The van der Waals surface area contributed by atoms with Crippen molar-refractivity contribution in [3.63, 3.8) is 0 Å². The van der Waals surface area contributed by atoms with Crippen LogP contribution < -0.4 is 9.04 Å². The van der Waals surface area contributed by atoms with Crippen molar-refractivity contribution in [3.05, 3.63) is 90.0 Å². The van der Waals surface area contributed by atoms with Gasteiger partial charge in [-0.2, -0.15) is 5.26 Å². The largest absolute Gasteiger partial charge is 0.489 e. The minimum Gasteiger partial charge on any atom is -0.489 e. The molecule has 3 rings (SSSR count). The Labute approximate surface area is 159 Å². The minimum atomic E-state index is -3.61. The van der Waals surface area contributed by atoms with E-state index in [1.807, 2.05) is 12.1 Å². The summed E-state index contributed by atoms with van der Waals surface area (Å²) in [5.74, 6) is 0.594. The molecular weight excluding hydrogens is 360 g/mol. The van der Waals surface area contributed by atoms with E-state index >= 15 is 0 Å². The molecule has 27 heavy (non-hydrogen) atoms. The summed E-state index contributed by atoms with van der Waals surface area (Å²) in [6.07, 6.45) is 0. The highest BCUT2D eigenvalue weighted by atomic mass is 32.2. The lowest BCUT2D eigenvalue weighted by molar-refractivity contribution is 0.306. The second kappa shape index (κ2) is 7.94. The summed E-state index contributed by atoms with van der Waals surface area (Å²) in [7, 11) is -2.10. The molecule has 5 nitrogen and oxygen atoms in total. The molecule has 0 N–H and O–H groups in total. The van der Waals surface area contributed by atoms with E-state index < -0.39 is 10.0 Å². The van der Waals surface area contributed by atoms with Gasteiger partial charge in [0.2, 0.25) is 0 Å². The smallest absolute Gasteiger partial charge is 0.264 e. The molecule has 0 fully saturated rings. The van der Waals surface area contributed by atoms with E-state index in [0.717, 1.165) is 5.56 Å². The average molecular weight is 378 g/mol. The first-order valence-electron chi connectivity index (χ1n) is 8.27. The van der Waals surface area contributed by atoms with Gasteiger partial charge in [-0.05, 0) is 42.5 Å². The van der Waals surface area contributed by atoms with Crippen molar-refractivity contribution in [3.8, 4) is 11.8 Å². The SMILES string of the molecule is CN(c1ccc(OCc2ccccc2C#N)cc1)S(=O)(=O)c1ccccc1. The minimum absolute atomic E-state index is 0.237. The number of benzene rings is 3. The van der Waals surface area contributed by atoms with Crippen LogP contribution in [0.15, 0.2) is 83.8 Å². The van der Waals surface area contributed by atoms with E-state index in [4.69, 9.17) is 10.00 Å². The van der Waals surface area contributed by atoms with Crippen LogP contribution in [0.5, 0.6) is 5.75 Å². The molecule has 0 saturated heterocycles. The van der Waals surface area contributed by atoms with Crippen molar-refractivity contribution < 1.29 is 13.2 Å². The van der Waals surface area contributed by atoms with Gasteiger partial charge in [-0.15, -0.1) is 0 Å². The second-order valence-electron chi connectivity index (χ2n) is 5.84. The van der Waals surface area contributed by atoms with Crippen molar-refractivity contribution >= 4 is 15.7 Å². The van der Waals surface area contributed by atoms with Crippen LogP contribution in [0.1, 0.15) is 11.1 Å². The zero-order valence-electron chi connectivity index (χ0n) is 14.7. The topological polar surface area (TPSA) is 70.4 Å². The van der Waals surface area contributed by atoms with Crippen LogP contribution in [0, 0.1) is 11.3 Å². The molecule has 3 aromatic carbocycles. The number of rotatable bonds is 6. The van der Waals surface area contributed by atoms with Gasteiger partial charge >= 0.3 is 0 Å². The molecule has 0 radical (unpaired) electrons. The third kappa shape index (κ3) is 4.10. The Hall–Kier alpha value is -3.30. The molecule has 0 saturated carbocycles. The number of ether oxygens (including phenoxy) is 1. The fraction of sp³-hybridized carbons (Fsp3) is 0.0952. The van der Waals surface area contributed by atoms with Gasteiger partial charge in [0.1, 0.15) is 12.4 Å². The standard InChI is InChI=1S/C21H18N2O3S/c1-23(27(24,25)21-9-3-2-4-10-21)19-11-13-20(14-12-19)26-16-18-8-6-5-7-17(18)15-22/h2-14H,16H2,1H3. The molecule has 0 aromatic heterocycles. The zero-order valence-corrected chi connectivity index (χ0v) is 15.6. The Morgan fingerprint density at radius 2 is 1.56 bits per heavy atom. The summed E-state index contributed by atoms with van der Waals surface area (Å²) in [6, 6.07) is 24.5. The van der Waals surface area contributed by atoms with E-state index in [9.17, 15) is 8.42 Å². The van der Waals surface area contributed by atoms with E-state index in [2.05, 4.69) is 6.07 Å². The van der Waals surface area contributed by atoms with Crippen LogP contribution in [0.2, 0.25) is 0 Å². The van der Waals surface area contributed by atoms with E-state index in [-0.39, 0.29) is 11.5 Å². The highest BCUT2D eigenvalue weighted by Gasteiger charge is 2.20. The van der Waals surface area contributed by atoms with Crippen molar-refractivity contribution in [2.24, 2.45) is 0 Å². The highest BCUT2D eigenvalue weighted by molar-refractivity contribution is 7.92. The van der Waals surface area contributed by atoms with Crippen LogP contribution in [0.4, 0.5) is 5.69 Å². The van der Waals surface area contributed by atoms with Crippen molar-refractivity contribution in [1.82, 2.24) is 0 Å². The van der Waals surface area contributed by atoms with Crippen LogP contribution in [-0.2, 0) is 16.6 Å². The number of sulfonamides is 1. The number of hydrogen-bond donors (Lipinski definition) is 0. The third-order valence-electron chi connectivity index (χ3n) is 4.13. The summed E-state index contributed by atoms with van der Waals surface area (Å²) < 4.78 is 32.3.